The van der Waals surface area contributed by atoms with Crippen molar-refractivity contribution < 1.29 is 14.3 Å². The van der Waals surface area contributed by atoms with Gasteiger partial charge in [-0.2, -0.15) is 0 Å². The van der Waals surface area contributed by atoms with E-state index in [4.69, 9.17) is 4.42 Å². The van der Waals surface area contributed by atoms with Crippen molar-refractivity contribution in [2.75, 3.05) is 19.6 Å². The number of benzene rings is 2. The second kappa shape index (κ2) is 7.08. The van der Waals surface area contributed by atoms with Gasteiger partial charge in [-0.25, -0.2) is 0 Å². The molecular weight excluding hydrogens is 352 g/mol. The van der Waals surface area contributed by atoms with Gasteiger partial charge >= 0.3 is 0 Å². The van der Waals surface area contributed by atoms with Crippen molar-refractivity contribution in [1.82, 2.24) is 10.2 Å². The molecule has 2 bridgehead atoms. The van der Waals surface area contributed by atoms with Crippen molar-refractivity contribution in [1.29, 1.82) is 0 Å². The SMILES string of the molecule is O=C(NC1CN2CCC1CC2)c1cc2ccc(-c3cccc(CO)c3)cc2o1. The predicted octanol–water partition coefficient (Wildman–Crippen LogP) is 3.42. The Balaban J connectivity index is 1.38. The number of rotatable bonds is 4. The number of piperidine rings is 3. The van der Waals surface area contributed by atoms with Crippen molar-refractivity contribution in [2.45, 2.75) is 25.5 Å². The van der Waals surface area contributed by atoms with E-state index in [1.165, 1.54) is 12.8 Å². The second-order valence-electron chi connectivity index (χ2n) is 7.94. The Bertz CT molecular complexity index is 1020. The molecule has 6 rings (SSSR count). The molecule has 5 nitrogen and oxygen atoms in total. The van der Waals surface area contributed by atoms with Gasteiger partial charge in [-0.05, 0) is 66.7 Å². The molecule has 3 fully saturated rings. The molecule has 1 aromatic heterocycles. The average Bonchev–Trinajstić information content (AvgIpc) is 3.18. The van der Waals surface area contributed by atoms with E-state index in [9.17, 15) is 9.90 Å². The van der Waals surface area contributed by atoms with Gasteiger partial charge in [0.05, 0.1) is 6.61 Å². The lowest BCUT2D eigenvalue weighted by molar-refractivity contribution is 0.0607. The summed E-state index contributed by atoms with van der Waals surface area (Å²) < 4.78 is 5.90. The van der Waals surface area contributed by atoms with Gasteiger partial charge in [0, 0.05) is 18.0 Å². The molecular formula is C23H24N2O3. The standard InChI is InChI=1S/C23H24N2O3/c26-14-15-2-1-3-17(10-15)18-4-5-19-12-22(28-21(19)11-18)23(27)24-20-13-25-8-6-16(20)7-9-25/h1-5,10-12,16,20,26H,6-9,13-14H2,(H,24,27). The molecule has 3 aliphatic heterocycles. The van der Waals surface area contributed by atoms with Crippen LogP contribution in [0, 0.1) is 5.92 Å². The molecule has 1 unspecified atom stereocenters. The Kier molecular flexibility index (Phi) is 4.41. The first-order chi connectivity index (χ1) is 13.7. The first kappa shape index (κ1) is 17.5. The summed E-state index contributed by atoms with van der Waals surface area (Å²) in [5, 5.41) is 13.5. The molecule has 1 atom stereocenters. The van der Waals surface area contributed by atoms with Crippen LogP contribution in [0.4, 0.5) is 0 Å². The molecule has 5 heteroatoms. The van der Waals surface area contributed by atoms with Gasteiger partial charge in [-0.15, -0.1) is 0 Å². The molecule has 0 aliphatic carbocycles. The average molecular weight is 376 g/mol. The number of amides is 1. The zero-order chi connectivity index (χ0) is 19.1. The fraction of sp³-hybridized carbons (Fsp3) is 0.348. The quantitative estimate of drug-likeness (QED) is 0.732. The summed E-state index contributed by atoms with van der Waals surface area (Å²) in [6.45, 7) is 3.27. The number of aliphatic hydroxyl groups is 1. The summed E-state index contributed by atoms with van der Waals surface area (Å²) in [6, 6.07) is 15.8. The van der Waals surface area contributed by atoms with Crippen LogP contribution in [0.15, 0.2) is 52.9 Å². The van der Waals surface area contributed by atoms with Crippen LogP contribution in [0.2, 0.25) is 0 Å². The van der Waals surface area contributed by atoms with Crippen LogP contribution in [0.5, 0.6) is 0 Å². The number of hydrogen-bond acceptors (Lipinski definition) is 4. The number of fused-ring (bicyclic) bond motifs is 4. The molecule has 1 amide bonds. The first-order valence-electron chi connectivity index (χ1n) is 9.96. The van der Waals surface area contributed by atoms with E-state index in [0.717, 1.165) is 41.7 Å². The molecule has 2 N–H and O–H groups in total. The zero-order valence-electron chi connectivity index (χ0n) is 15.7. The van der Waals surface area contributed by atoms with E-state index < -0.39 is 0 Å². The van der Waals surface area contributed by atoms with Gasteiger partial charge in [0.25, 0.3) is 5.91 Å². The molecule has 4 heterocycles. The third-order valence-electron chi connectivity index (χ3n) is 6.16. The number of nitrogens with one attached hydrogen (secondary N) is 1. The van der Waals surface area contributed by atoms with Crippen molar-refractivity contribution in [3.8, 4) is 11.1 Å². The van der Waals surface area contributed by atoms with Crippen LogP contribution in [0.1, 0.15) is 29.0 Å². The van der Waals surface area contributed by atoms with Gasteiger partial charge in [-0.3, -0.25) is 4.79 Å². The summed E-state index contributed by atoms with van der Waals surface area (Å²) in [4.78, 5) is 15.2. The lowest BCUT2D eigenvalue weighted by Crippen LogP contribution is -2.57. The minimum absolute atomic E-state index is 0.0146. The highest BCUT2D eigenvalue weighted by atomic mass is 16.3. The zero-order valence-corrected chi connectivity index (χ0v) is 15.7. The molecule has 28 heavy (non-hydrogen) atoms. The summed E-state index contributed by atoms with van der Waals surface area (Å²) in [5.74, 6) is 0.829. The molecule has 0 radical (unpaired) electrons. The number of aliphatic hydroxyl groups excluding tert-OH is 1. The van der Waals surface area contributed by atoms with E-state index in [-0.39, 0.29) is 18.6 Å². The van der Waals surface area contributed by atoms with Crippen molar-refractivity contribution in [3.05, 3.63) is 59.9 Å². The third kappa shape index (κ3) is 3.21. The topological polar surface area (TPSA) is 65.7 Å². The highest BCUT2D eigenvalue weighted by Gasteiger charge is 2.35. The monoisotopic (exact) mass is 376 g/mol. The van der Waals surface area contributed by atoms with Crippen LogP contribution in [0.25, 0.3) is 22.1 Å². The largest absolute Gasteiger partial charge is 0.451 e. The van der Waals surface area contributed by atoms with Gasteiger partial charge in [0.2, 0.25) is 0 Å². The van der Waals surface area contributed by atoms with Gasteiger partial charge < -0.3 is 19.7 Å². The molecule has 144 valence electrons. The maximum atomic E-state index is 12.7. The number of nitrogens with zero attached hydrogens (tertiary/aromatic N) is 1. The Morgan fingerprint density at radius 1 is 1.11 bits per heavy atom. The summed E-state index contributed by atoms with van der Waals surface area (Å²) in [5.41, 5.74) is 3.59. The Morgan fingerprint density at radius 3 is 2.68 bits per heavy atom. The van der Waals surface area contributed by atoms with Crippen LogP contribution in [-0.4, -0.2) is 41.6 Å². The molecule has 0 saturated carbocycles. The summed E-state index contributed by atoms with van der Waals surface area (Å²) in [6.07, 6.45) is 2.34. The van der Waals surface area contributed by atoms with Gasteiger partial charge in [0.1, 0.15) is 5.58 Å². The van der Waals surface area contributed by atoms with E-state index in [1.807, 2.05) is 48.5 Å². The molecule has 3 saturated heterocycles. The fourth-order valence-electron chi connectivity index (χ4n) is 4.54. The maximum Gasteiger partial charge on any atom is 0.287 e. The minimum atomic E-state index is -0.126. The Morgan fingerprint density at radius 2 is 1.93 bits per heavy atom. The van der Waals surface area contributed by atoms with Gasteiger partial charge in [-0.1, -0.05) is 30.3 Å². The highest BCUT2D eigenvalue weighted by Crippen LogP contribution is 2.29. The van der Waals surface area contributed by atoms with Crippen LogP contribution in [-0.2, 0) is 6.61 Å². The van der Waals surface area contributed by atoms with Crippen molar-refractivity contribution >= 4 is 16.9 Å². The normalized spacial score (nSPS) is 23.8. The van der Waals surface area contributed by atoms with E-state index >= 15 is 0 Å². The molecule has 2 aromatic carbocycles. The van der Waals surface area contributed by atoms with Crippen molar-refractivity contribution in [2.24, 2.45) is 5.92 Å². The number of hydrogen-bond donors (Lipinski definition) is 2. The summed E-state index contributed by atoms with van der Waals surface area (Å²) in [7, 11) is 0. The fourth-order valence-corrected chi connectivity index (χ4v) is 4.54. The molecule has 3 aliphatic rings. The van der Waals surface area contributed by atoms with Gasteiger partial charge in [0.15, 0.2) is 5.76 Å². The Labute approximate surface area is 164 Å². The molecule has 0 spiro atoms. The maximum absolute atomic E-state index is 12.7. The van der Waals surface area contributed by atoms with E-state index in [2.05, 4.69) is 10.2 Å². The highest BCUT2D eigenvalue weighted by molar-refractivity contribution is 5.97. The van der Waals surface area contributed by atoms with E-state index in [1.54, 1.807) is 0 Å². The van der Waals surface area contributed by atoms with Crippen LogP contribution < -0.4 is 5.32 Å². The number of carbonyl (C=O) groups excluding carboxylic acids is 1. The van der Waals surface area contributed by atoms with E-state index in [0.29, 0.717) is 17.3 Å². The Hall–Kier alpha value is -2.63. The summed E-state index contributed by atoms with van der Waals surface area (Å²) >= 11 is 0. The number of furan rings is 1. The molecule has 3 aromatic rings. The predicted molar refractivity (Wildman–Crippen MR) is 108 cm³/mol. The third-order valence-corrected chi connectivity index (χ3v) is 6.16. The second-order valence-corrected chi connectivity index (χ2v) is 7.94. The minimum Gasteiger partial charge on any atom is -0.451 e. The lowest BCUT2D eigenvalue weighted by atomic mass is 9.84. The smallest absolute Gasteiger partial charge is 0.287 e. The van der Waals surface area contributed by atoms with Crippen molar-refractivity contribution in [3.63, 3.8) is 0 Å². The lowest BCUT2D eigenvalue weighted by Gasteiger charge is -2.44. The van der Waals surface area contributed by atoms with Crippen LogP contribution in [0.3, 0.4) is 0 Å². The first-order valence-corrected chi connectivity index (χ1v) is 9.96. The number of carbonyl (C=O) groups is 1. The van der Waals surface area contributed by atoms with Crippen LogP contribution >= 0.6 is 0 Å².